The molecule has 1 radical (unpaired) electrons. The van der Waals surface area contributed by atoms with E-state index in [1.807, 2.05) is 6.07 Å². The molecule has 0 unspecified atom stereocenters. The zero-order chi connectivity index (χ0) is 11.8. The third-order valence-corrected chi connectivity index (χ3v) is 1.75. The summed E-state index contributed by atoms with van der Waals surface area (Å²) in [4.78, 5) is 26.8. The van der Waals surface area contributed by atoms with Crippen LogP contribution in [0.3, 0.4) is 0 Å². The number of hydroxylamine groups is 1. The molecular formula is C11H13N2O3. The van der Waals surface area contributed by atoms with E-state index in [9.17, 15) is 9.59 Å². The van der Waals surface area contributed by atoms with Gasteiger partial charge >= 0.3 is 6.03 Å². The largest absolute Gasteiger partial charge is 0.346 e. The minimum Gasteiger partial charge on any atom is -0.328 e. The normalized spacial score (nSPS) is 9.56. The van der Waals surface area contributed by atoms with E-state index in [0.29, 0.717) is 12.3 Å². The van der Waals surface area contributed by atoms with Crippen molar-refractivity contribution in [1.29, 1.82) is 0 Å². The molecule has 0 heterocycles. The number of nitrogens with one attached hydrogen (secondary N) is 1. The van der Waals surface area contributed by atoms with E-state index in [1.54, 1.807) is 37.5 Å². The molecule has 5 nitrogen and oxygen atoms in total. The van der Waals surface area contributed by atoms with E-state index in [1.165, 1.54) is 0 Å². The quantitative estimate of drug-likeness (QED) is 0.761. The Balaban J connectivity index is 2.74. The summed E-state index contributed by atoms with van der Waals surface area (Å²) in [6, 6.07) is 8.40. The average molecular weight is 221 g/mol. The monoisotopic (exact) mass is 221 g/mol. The second-order valence-corrected chi connectivity index (χ2v) is 2.85. The van der Waals surface area contributed by atoms with Gasteiger partial charge in [0.25, 0.3) is 0 Å². The molecule has 0 aliphatic carbocycles. The number of carbonyl (C=O) groups excluding carboxylic acids is 2. The van der Waals surface area contributed by atoms with Crippen molar-refractivity contribution in [1.82, 2.24) is 5.32 Å². The van der Waals surface area contributed by atoms with Gasteiger partial charge in [0.05, 0.1) is 18.8 Å². The minimum absolute atomic E-state index is 0.157. The van der Waals surface area contributed by atoms with Gasteiger partial charge in [-0.1, -0.05) is 18.2 Å². The van der Waals surface area contributed by atoms with Crippen molar-refractivity contribution < 1.29 is 14.4 Å². The molecule has 5 heteroatoms. The third-order valence-electron chi connectivity index (χ3n) is 1.75. The highest BCUT2D eigenvalue weighted by atomic mass is 16.7. The molecule has 85 valence electrons. The van der Waals surface area contributed by atoms with Crippen molar-refractivity contribution in [3.8, 4) is 0 Å². The number of urea groups is 1. The summed E-state index contributed by atoms with van der Waals surface area (Å²) >= 11 is 0. The molecule has 1 N–H and O–H groups in total. The smallest absolute Gasteiger partial charge is 0.328 e. The zero-order valence-electron chi connectivity index (χ0n) is 8.97. The number of rotatable bonds is 5. The third kappa shape index (κ3) is 3.36. The Morgan fingerprint density at radius 2 is 2.12 bits per heavy atom. The number of hydrogen-bond donors (Lipinski definition) is 1. The average Bonchev–Trinajstić information content (AvgIpc) is 2.34. The maximum absolute atomic E-state index is 11.6. The SMILES string of the molecule is CCON(C(=O)NC[C]=O)c1ccccc1. The summed E-state index contributed by atoms with van der Waals surface area (Å²) in [6.45, 7) is 1.97. The summed E-state index contributed by atoms with van der Waals surface area (Å²) in [6.07, 6.45) is 1.58. The van der Waals surface area contributed by atoms with Gasteiger partial charge in [0.2, 0.25) is 6.29 Å². The second-order valence-electron chi connectivity index (χ2n) is 2.85. The number of benzene rings is 1. The first-order chi connectivity index (χ1) is 7.79. The van der Waals surface area contributed by atoms with Crippen molar-refractivity contribution >= 4 is 18.0 Å². The first-order valence-electron chi connectivity index (χ1n) is 4.90. The molecule has 0 saturated carbocycles. The number of para-hydroxylation sites is 1. The lowest BCUT2D eigenvalue weighted by Gasteiger charge is -2.20. The van der Waals surface area contributed by atoms with Crippen LogP contribution in [0.25, 0.3) is 0 Å². The highest BCUT2D eigenvalue weighted by Gasteiger charge is 2.15. The minimum atomic E-state index is -0.489. The van der Waals surface area contributed by atoms with Crippen molar-refractivity contribution in [2.75, 3.05) is 18.2 Å². The molecule has 0 saturated heterocycles. The van der Waals surface area contributed by atoms with Crippen LogP contribution in [0.1, 0.15) is 6.92 Å². The van der Waals surface area contributed by atoms with Gasteiger partial charge in [-0.15, -0.1) is 0 Å². The molecule has 1 aromatic carbocycles. The van der Waals surface area contributed by atoms with Crippen molar-refractivity contribution in [2.45, 2.75) is 6.92 Å². The van der Waals surface area contributed by atoms with Crippen LogP contribution in [0.15, 0.2) is 30.3 Å². The first kappa shape index (κ1) is 12.2. The molecule has 0 spiro atoms. The van der Waals surface area contributed by atoms with Crippen LogP contribution >= 0.6 is 0 Å². The van der Waals surface area contributed by atoms with Gasteiger partial charge in [-0.2, -0.15) is 5.06 Å². The fourth-order valence-corrected chi connectivity index (χ4v) is 1.13. The van der Waals surface area contributed by atoms with Crippen LogP contribution < -0.4 is 10.4 Å². The molecule has 0 aliphatic heterocycles. The van der Waals surface area contributed by atoms with Gasteiger partial charge in [-0.05, 0) is 19.1 Å². The van der Waals surface area contributed by atoms with Gasteiger partial charge in [0.15, 0.2) is 0 Å². The summed E-state index contributed by atoms with van der Waals surface area (Å²) in [5.41, 5.74) is 0.604. The number of amides is 2. The molecule has 0 atom stereocenters. The second kappa shape index (κ2) is 6.58. The lowest BCUT2D eigenvalue weighted by atomic mass is 10.3. The van der Waals surface area contributed by atoms with Crippen molar-refractivity contribution in [3.63, 3.8) is 0 Å². The number of hydrogen-bond acceptors (Lipinski definition) is 3. The van der Waals surface area contributed by atoms with E-state index in [2.05, 4.69) is 5.32 Å². The summed E-state index contributed by atoms with van der Waals surface area (Å²) in [5, 5.41) is 3.46. The van der Waals surface area contributed by atoms with Crippen LogP contribution in [0.2, 0.25) is 0 Å². The van der Waals surface area contributed by atoms with E-state index in [-0.39, 0.29) is 6.54 Å². The Morgan fingerprint density at radius 3 is 2.69 bits per heavy atom. The predicted octanol–water partition coefficient (Wildman–Crippen LogP) is 1.26. The van der Waals surface area contributed by atoms with Gasteiger partial charge < -0.3 is 5.32 Å². The summed E-state index contributed by atoms with van der Waals surface area (Å²) in [5.74, 6) is 0. The lowest BCUT2D eigenvalue weighted by molar-refractivity contribution is 0.127. The van der Waals surface area contributed by atoms with Crippen LogP contribution in [-0.2, 0) is 9.63 Å². The number of carbonyl (C=O) groups is 1. The molecule has 0 fully saturated rings. The molecule has 1 rings (SSSR count). The highest BCUT2D eigenvalue weighted by Crippen LogP contribution is 2.13. The number of nitrogens with zero attached hydrogens (tertiary/aromatic N) is 1. The van der Waals surface area contributed by atoms with Crippen LogP contribution in [-0.4, -0.2) is 25.5 Å². The first-order valence-corrected chi connectivity index (χ1v) is 4.90. The molecule has 2 amide bonds. The maximum atomic E-state index is 11.6. The standard InChI is InChI=1S/C11H13N2O3/c1-2-16-13(11(15)12-8-9-14)10-6-4-3-5-7-10/h3-7H,2,8H2,1H3,(H,12,15). The summed E-state index contributed by atoms with van der Waals surface area (Å²) in [7, 11) is 0. The van der Waals surface area contributed by atoms with Crippen molar-refractivity contribution in [3.05, 3.63) is 30.3 Å². The Hall–Kier alpha value is -1.88. The Labute approximate surface area is 94.0 Å². The lowest BCUT2D eigenvalue weighted by Crippen LogP contribution is -2.40. The van der Waals surface area contributed by atoms with E-state index >= 15 is 0 Å². The van der Waals surface area contributed by atoms with Crippen LogP contribution in [0.4, 0.5) is 10.5 Å². The molecule has 16 heavy (non-hydrogen) atoms. The summed E-state index contributed by atoms with van der Waals surface area (Å²) < 4.78 is 0. The predicted molar refractivity (Wildman–Crippen MR) is 59.6 cm³/mol. The van der Waals surface area contributed by atoms with Crippen LogP contribution in [0, 0.1) is 0 Å². The topological polar surface area (TPSA) is 58.6 Å². The Bertz CT molecular complexity index is 340. The van der Waals surface area contributed by atoms with Gasteiger partial charge in [-0.3, -0.25) is 9.63 Å². The Morgan fingerprint density at radius 1 is 1.44 bits per heavy atom. The molecule has 0 aromatic heterocycles. The van der Waals surface area contributed by atoms with E-state index in [0.717, 1.165) is 5.06 Å². The molecule has 1 aromatic rings. The van der Waals surface area contributed by atoms with Gasteiger partial charge in [0, 0.05) is 0 Å². The maximum Gasteiger partial charge on any atom is 0.346 e. The van der Waals surface area contributed by atoms with Crippen LogP contribution in [0.5, 0.6) is 0 Å². The van der Waals surface area contributed by atoms with Gasteiger partial charge in [-0.25, -0.2) is 4.79 Å². The number of anilines is 1. The van der Waals surface area contributed by atoms with E-state index in [4.69, 9.17) is 4.84 Å². The molecule has 0 bridgehead atoms. The molecule has 0 aliphatic rings. The zero-order valence-corrected chi connectivity index (χ0v) is 8.97. The molecular weight excluding hydrogens is 208 g/mol. The van der Waals surface area contributed by atoms with E-state index < -0.39 is 6.03 Å². The highest BCUT2D eigenvalue weighted by molar-refractivity contribution is 5.90. The fraction of sp³-hybridized carbons (Fsp3) is 0.273. The fourth-order valence-electron chi connectivity index (χ4n) is 1.13. The van der Waals surface area contributed by atoms with Crippen molar-refractivity contribution in [2.24, 2.45) is 0 Å². The van der Waals surface area contributed by atoms with Gasteiger partial charge in [0.1, 0.15) is 0 Å². The Kier molecular flexibility index (Phi) is 5.01.